The van der Waals surface area contributed by atoms with Gasteiger partial charge in [-0.2, -0.15) is 0 Å². The Morgan fingerprint density at radius 2 is 1.88 bits per heavy atom. The standard InChI is InChI=1S/C21H15Cl2NO2/c22-16-9-4-5-12(19(16)23)11-13-6-3-8-15-18(21(25)26)14-7-1-2-10-17(14)24-20(13)15/h1-2,4-5,7,9-11H,3,6,8H2,(H,25,26)/b13-11-. The molecule has 0 unspecified atom stereocenters. The van der Waals surface area contributed by atoms with E-state index in [4.69, 9.17) is 28.2 Å². The molecular formula is C21H15Cl2NO2. The predicted molar refractivity (Wildman–Crippen MR) is 106 cm³/mol. The predicted octanol–water partition coefficient (Wildman–Crippen LogP) is 6.12. The minimum Gasteiger partial charge on any atom is -0.478 e. The average Bonchev–Trinajstić information content (AvgIpc) is 2.63. The van der Waals surface area contributed by atoms with Crippen LogP contribution >= 0.6 is 23.2 Å². The summed E-state index contributed by atoms with van der Waals surface area (Å²) in [6.07, 6.45) is 4.37. The summed E-state index contributed by atoms with van der Waals surface area (Å²) in [4.78, 5) is 16.7. The maximum Gasteiger partial charge on any atom is 0.336 e. The summed E-state index contributed by atoms with van der Waals surface area (Å²) in [6, 6.07) is 12.9. The molecule has 0 saturated heterocycles. The lowest BCUT2D eigenvalue weighted by atomic mass is 9.86. The third kappa shape index (κ3) is 2.87. The number of rotatable bonds is 2. The van der Waals surface area contributed by atoms with Crippen molar-refractivity contribution in [2.45, 2.75) is 19.3 Å². The second-order valence-corrected chi connectivity index (χ2v) is 7.09. The number of carbonyl (C=O) groups is 1. The number of aromatic carboxylic acids is 1. The van der Waals surface area contributed by atoms with Crippen molar-refractivity contribution in [2.24, 2.45) is 0 Å². The quantitative estimate of drug-likeness (QED) is 0.579. The number of benzene rings is 2. The molecule has 2 aromatic carbocycles. The lowest BCUT2D eigenvalue weighted by molar-refractivity contribution is 0.0697. The highest BCUT2D eigenvalue weighted by Gasteiger charge is 2.24. The molecular weight excluding hydrogens is 369 g/mol. The first-order chi connectivity index (χ1) is 12.6. The summed E-state index contributed by atoms with van der Waals surface area (Å²) in [5, 5.41) is 11.5. The summed E-state index contributed by atoms with van der Waals surface area (Å²) < 4.78 is 0. The van der Waals surface area contributed by atoms with Gasteiger partial charge in [0.25, 0.3) is 0 Å². The monoisotopic (exact) mass is 383 g/mol. The van der Waals surface area contributed by atoms with Gasteiger partial charge in [-0.25, -0.2) is 9.78 Å². The van der Waals surface area contributed by atoms with Gasteiger partial charge in [0.2, 0.25) is 0 Å². The molecule has 0 radical (unpaired) electrons. The Morgan fingerprint density at radius 3 is 2.69 bits per heavy atom. The van der Waals surface area contributed by atoms with Gasteiger partial charge in [0, 0.05) is 5.39 Å². The maximum absolute atomic E-state index is 12.0. The number of carboxylic acid groups (broad SMARTS) is 1. The zero-order valence-electron chi connectivity index (χ0n) is 13.8. The topological polar surface area (TPSA) is 50.2 Å². The SMILES string of the molecule is O=C(O)c1c2c(nc3ccccc13)/C(=C\c1cccc(Cl)c1Cl)CCC2. The third-order valence-corrected chi connectivity index (χ3v) is 5.53. The number of nitrogens with zero attached hydrogens (tertiary/aromatic N) is 1. The molecule has 4 rings (SSSR count). The number of hydrogen-bond acceptors (Lipinski definition) is 2. The first-order valence-corrected chi connectivity index (χ1v) is 9.11. The van der Waals surface area contributed by atoms with Crippen molar-refractivity contribution >= 4 is 51.7 Å². The number of halogens is 2. The number of fused-ring (bicyclic) bond motifs is 2. The maximum atomic E-state index is 12.0. The number of para-hydroxylation sites is 1. The van der Waals surface area contributed by atoms with Gasteiger partial charge < -0.3 is 5.11 Å². The van der Waals surface area contributed by atoms with Crippen molar-refractivity contribution in [2.75, 3.05) is 0 Å². The molecule has 3 aromatic rings. The van der Waals surface area contributed by atoms with Gasteiger partial charge in [-0.05, 0) is 54.2 Å². The van der Waals surface area contributed by atoms with E-state index >= 15 is 0 Å². The van der Waals surface area contributed by atoms with Crippen LogP contribution in [0.15, 0.2) is 42.5 Å². The number of pyridine rings is 1. The third-order valence-electron chi connectivity index (χ3n) is 4.70. The van der Waals surface area contributed by atoms with Gasteiger partial charge >= 0.3 is 5.97 Å². The van der Waals surface area contributed by atoms with Crippen molar-refractivity contribution in [3.63, 3.8) is 0 Å². The van der Waals surface area contributed by atoms with Crippen molar-refractivity contribution in [1.29, 1.82) is 0 Å². The summed E-state index contributed by atoms with van der Waals surface area (Å²) in [5.41, 5.74) is 4.40. The molecule has 1 aliphatic carbocycles. The van der Waals surface area contributed by atoms with E-state index in [2.05, 4.69) is 0 Å². The van der Waals surface area contributed by atoms with Crippen LogP contribution in [-0.4, -0.2) is 16.1 Å². The highest BCUT2D eigenvalue weighted by molar-refractivity contribution is 6.43. The van der Waals surface area contributed by atoms with Crippen LogP contribution in [0.25, 0.3) is 22.6 Å². The molecule has 130 valence electrons. The second-order valence-electron chi connectivity index (χ2n) is 6.30. The molecule has 3 nitrogen and oxygen atoms in total. The summed E-state index contributed by atoms with van der Waals surface area (Å²) in [5.74, 6) is -0.915. The van der Waals surface area contributed by atoms with Crippen molar-refractivity contribution in [3.8, 4) is 0 Å². The summed E-state index contributed by atoms with van der Waals surface area (Å²) in [7, 11) is 0. The van der Waals surface area contributed by atoms with E-state index in [0.717, 1.165) is 35.2 Å². The minimum absolute atomic E-state index is 0.355. The molecule has 0 spiro atoms. The Bertz CT molecular complexity index is 1070. The normalized spacial score (nSPS) is 15.2. The Labute approximate surface area is 160 Å². The fourth-order valence-electron chi connectivity index (χ4n) is 3.54. The first-order valence-electron chi connectivity index (χ1n) is 8.36. The largest absolute Gasteiger partial charge is 0.478 e. The van der Waals surface area contributed by atoms with Crippen LogP contribution < -0.4 is 0 Å². The van der Waals surface area contributed by atoms with E-state index in [1.54, 1.807) is 6.07 Å². The Morgan fingerprint density at radius 1 is 1.08 bits per heavy atom. The van der Waals surface area contributed by atoms with Crippen LogP contribution in [-0.2, 0) is 6.42 Å². The van der Waals surface area contributed by atoms with Gasteiger partial charge in [-0.15, -0.1) is 0 Å². The highest BCUT2D eigenvalue weighted by Crippen LogP contribution is 2.37. The van der Waals surface area contributed by atoms with Crippen LogP contribution in [0.1, 0.15) is 40.0 Å². The van der Waals surface area contributed by atoms with Crippen molar-refractivity contribution < 1.29 is 9.90 Å². The van der Waals surface area contributed by atoms with E-state index in [0.29, 0.717) is 32.9 Å². The van der Waals surface area contributed by atoms with Gasteiger partial charge in [0.15, 0.2) is 0 Å². The molecule has 0 amide bonds. The molecule has 26 heavy (non-hydrogen) atoms. The van der Waals surface area contributed by atoms with Crippen molar-refractivity contribution in [3.05, 3.63) is 74.9 Å². The second kappa shape index (κ2) is 6.75. The zero-order chi connectivity index (χ0) is 18.3. The van der Waals surface area contributed by atoms with Crippen LogP contribution in [0.3, 0.4) is 0 Å². The van der Waals surface area contributed by atoms with E-state index in [9.17, 15) is 9.90 Å². The van der Waals surface area contributed by atoms with E-state index in [1.165, 1.54) is 0 Å². The molecule has 1 aromatic heterocycles. The molecule has 5 heteroatoms. The van der Waals surface area contributed by atoms with Gasteiger partial charge in [-0.1, -0.05) is 53.5 Å². The molecule has 0 fully saturated rings. The van der Waals surface area contributed by atoms with E-state index < -0.39 is 5.97 Å². The fourth-order valence-corrected chi connectivity index (χ4v) is 3.90. The molecule has 0 atom stereocenters. The molecule has 1 heterocycles. The molecule has 1 N–H and O–H groups in total. The number of hydrogen-bond donors (Lipinski definition) is 1. The average molecular weight is 384 g/mol. The first kappa shape index (κ1) is 17.1. The summed E-state index contributed by atoms with van der Waals surface area (Å²) >= 11 is 12.4. The lowest BCUT2D eigenvalue weighted by Gasteiger charge is -2.21. The molecule has 0 aliphatic heterocycles. The number of carboxylic acids is 1. The van der Waals surface area contributed by atoms with Gasteiger partial charge in [-0.3, -0.25) is 0 Å². The number of allylic oxidation sites excluding steroid dienone is 1. The Balaban J connectivity index is 1.98. The highest BCUT2D eigenvalue weighted by atomic mass is 35.5. The van der Waals surface area contributed by atoms with E-state index in [1.807, 2.05) is 42.5 Å². The smallest absolute Gasteiger partial charge is 0.336 e. The Hall–Kier alpha value is -2.36. The van der Waals surface area contributed by atoms with Crippen LogP contribution in [0.4, 0.5) is 0 Å². The lowest BCUT2D eigenvalue weighted by Crippen LogP contribution is -2.13. The fraction of sp³-hybridized carbons (Fsp3) is 0.143. The van der Waals surface area contributed by atoms with Crippen LogP contribution in [0.5, 0.6) is 0 Å². The van der Waals surface area contributed by atoms with Gasteiger partial charge in [0.1, 0.15) is 0 Å². The van der Waals surface area contributed by atoms with E-state index in [-0.39, 0.29) is 0 Å². The Kier molecular flexibility index (Phi) is 4.43. The summed E-state index contributed by atoms with van der Waals surface area (Å²) in [6.45, 7) is 0. The molecule has 0 bridgehead atoms. The number of aromatic nitrogens is 1. The van der Waals surface area contributed by atoms with Crippen LogP contribution in [0.2, 0.25) is 10.0 Å². The minimum atomic E-state index is -0.915. The van der Waals surface area contributed by atoms with Crippen LogP contribution in [0, 0.1) is 0 Å². The zero-order valence-corrected chi connectivity index (χ0v) is 15.3. The molecule has 1 aliphatic rings. The molecule has 0 saturated carbocycles. The van der Waals surface area contributed by atoms with Gasteiger partial charge in [0.05, 0.1) is 26.8 Å². The van der Waals surface area contributed by atoms with Crippen molar-refractivity contribution in [1.82, 2.24) is 4.98 Å².